The summed E-state index contributed by atoms with van der Waals surface area (Å²) in [7, 11) is -2.05. The van der Waals surface area contributed by atoms with Gasteiger partial charge in [0.25, 0.3) is 10.0 Å². The van der Waals surface area contributed by atoms with Gasteiger partial charge >= 0.3 is 0 Å². The Morgan fingerprint density at radius 2 is 1.96 bits per heavy atom. The van der Waals surface area contributed by atoms with E-state index >= 15 is 0 Å². The molecule has 0 atom stereocenters. The molecule has 0 bridgehead atoms. The highest BCUT2D eigenvalue weighted by molar-refractivity contribution is 7.90. The summed E-state index contributed by atoms with van der Waals surface area (Å²) in [5.41, 5.74) is 5.57. The van der Waals surface area contributed by atoms with Crippen molar-refractivity contribution in [2.75, 3.05) is 20.1 Å². The molecule has 1 aromatic rings. The molecular weight excluding hydrogens is 340 g/mol. The Morgan fingerprint density at radius 3 is 2.57 bits per heavy atom. The molecule has 1 heterocycles. The Morgan fingerprint density at radius 1 is 1.35 bits per heavy atom. The molecule has 7 nitrogen and oxygen atoms in total. The molecule has 2 rings (SSSR count). The molecule has 1 aromatic carbocycles. The van der Waals surface area contributed by atoms with Crippen LogP contribution in [-0.4, -0.2) is 50.7 Å². The molecule has 0 radical (unpaired) electrons. The Hall–Kier alpha value is -1.64. The van der Waals surface area contributed by atoms with Gasteiger partial charge in [-0.25, -0.2) is 0 Å². The minimum absolute atomic E-state index is 0. The van der Waals surface area contributed by atoms with Crippen LogP contribution >= 0.6 is 12.4 Å². The molecule has 1 aliphatic rings. The Kier molecular flexibility index (Phi) is 5.79. The lowest BCUT2D eigenvalue weighted by Gasteiger charge is -2.26. The maximum Gasteiger partial charge on any atom is 0.285 e. The standard InChI is InChI=1S/C14H20N4O3S.ClH/c1-14(2,9-15)16-12(19)8-18(3)13-10-6-4-5-7-11(10)22(20,21)17-13;/h4-7H,8-9,15H2,1-3H3,(H,16,19);1H. The van der Waals surface area contributed by atoms with Crippen molar-refractivity contribution in [1.29, 1.82) is 0 Å². The van der Waals surface area contributed by atoms with Gasteiger partial charge in [-0.3, -0.25) is 4.79 Å². The number of likely N-dealkylation sites (N-methyl/N-ethyl adjacent to an activating group) is 1. The number of nitrogens with one attached hydrogen (secondary N) is 1. The van der Waals surface area contributed by atoms with Crippen molar-refractivity contribution < 1.29 is 13.2 Å². The molecule has 1 aliphatic heterocycles. The predicted octanol–water partition coefficient (Wildman–Crippen LogP) is 0.343. The van der Waals surface area contributed by atoms with E-state index in [2.05, 4.69) is 9.71 Å². The van der Waals surface area contributed by atoms with Gasteiger partial charge in [0.15, 0.2) is 5.84 Å². The molecule has 128 valence electrons. The molecule has 0 aliphatic carbocycles. The molecule has 0 saturated carbocycles. The minimum atomic E-state index is -3.68. The van der Waals surface area contributed by atoms with Crippen molar-refractivity contribution in [3.8, 4) is 0 Å². The Bertz CT molecular complexity index is 731. The first-order valence-electron chi connectivity index (χ1n) is 6.83. The number of benzene rings is 1. The molecule has 23 heavy (non-hydrogen) atoms. The molecule has 9 heteroatoms. The third kappa shape index (κ3) is 4.21. The number of amidine groups is 1. The highest BCUT2D eigenvalue weighted by Gasteiger charge is 2.31. The second-order valence-corrected chi connectivity index (χ2v) is 7.45. The molecule has 0 unspecified atom stereocenters. The summed E-state index contributed by atoms with van der Waals surface area (Å²) in [5.74, 6) is 0.0266. The Balaban J connectivity index is 0.00000264. The summed E-state index contributed by atoms with van der Waals surface area (Å²) < 4.78 is 27.8. The van der Waals surface area contributed by atoms with E-state index in [9.17, 15) is 13.2 Å². The van der Waals surface area contributed by atoms with Gasteiger partial charge in [-0.1, -0.05) is 12.1 Å². The van der Waals surface area contributed by atoms with Gasteiger partial charge in [0.05, 0.1) is 6.54 Å². The fourth-order valence-electron chi connectivity index (χ4n) is 2.12. The number of rotatable bonds is 4. The lowest BCUT2D eigenvalue weighted by molar-refractivity contribution is -0.122. The smallest absolute Gasteiger partial charge is 0.285 e. The topological polar surface area (TPSA) is 105 Å². The summed E-state index contributed by atoms with van der Waals surface area (Å²) in [6.07, 6.45) is 0. The highest BCUT2D eigenvalue weighted by atomic mass is 35.5. The quantitative estimate of drug-likeness (QED) is 0.805. The minimum Gasteiger partial charge on any atom is -0.349 e. The number of carbonyl (C=O) groups is 1. The van der Waals surface area contributed by atoms with E-state index in [1.807, 2.05) is 13.8 Å². The van der Waals surface area contributed by atoms with E-state index in [4.69, 9.17) is 5.73 Å². The number of nitrogens with zero attached hydrogens (tertiary/aromatic N) is 2. The molecular formula is C14H21ClN4O3S. The first kappa shape index (κ1) is 19.4. The van der Waals surface area contributed by atoms with Crippen molar-refractivity contribution in [2.45, 2.75) is 24.3 Å². The van der Waals surface area contributed by atoms with Crippen LogP contribution in [0.3, 0.4) is 0 Å². The largest absolute Gasteiger partial charge is 0.349 e. The number of sulfonamides is 1. The van der Waals surface area contributed by atoms with Crippen molar-refractivity contribution in [3.05, 3.63) is 29.8 Å². The fraction of sp³-hybridized carbons (Fsp3) is 0.429. The molecule has 0 spiro atoms. The summed E-state index contributed by atoms with van der Waals surface area (Å²) in [4.78, 5) is 13.7. The molecule has 1 amide bonds. The second-order valence-electron chi connectivity index (χ2n) is 5.88. The first-order valence-corrected chi connectivity index (χ1v) is 8.27. The lowest BCUT2D eigenvalue weighted by Crippen LogP contribution is -2.51. The van der Waals surface area contributed by atoms with Gasteiger partial charge < -0.3 is 16.0 Å². The fourth-order valence-corrected chi connectivity index (χ4v) is 3.37. The van der Waals surface area contributed by atoms with E-state index in [-0.39, 0.29) is 35.6 Å². The molecule has 0 saturated heterocycles. The number of amides is 1. The van der Waals surface area contributed by atoms with Gasteiger partial charge in [-0.05, 0) is 26.0 Å². The third-order valence-electron chi connectivity index (χ3n) is 3.34. The highest BCUT2D eigenvalue weighted by Crippen LogP contribution is 2.26. The summed E-state index contributed by atoms with van der Waals surface area (Å²) in [5, 5.41) is 2.79. The SMILES string of the molecule is CN(CC(=O)NC(C)(C)CN)C1=NS(=O)(=O)c2ccccc21.Cl. The van der Waals surface area contributed by atoms with Gasteiger partial charge in [-0.2, -0.15) is 8.42 Å². The summed E-state index contributed by atoms with van der Waals surface area (Å²) in [6, 6.07) is 6.56. The van der Waals surface area contributed by atoms with Gasteiger partial charge in [0.1, 0.15) is 4.90 Å². The van der Waals surface area contributed by atoms with Gasteiger partial charge in [0.2, 0.25) is 5.91 Å². The molecule has 3 N–H and O–H groups in total. The summed E-state index contributed by atoms with van der Waals surface area (Å²) >= 11 is 0. The van der Waals surface area contributed by atoms with Crippen LogP contribution in [0.25, 0.3) is 0 Å². The monoisotopic (exact) mass is 360 g/mol. The van der Waals surface area contributed by atoms with E-state index < -0.39 is 15.6 Å². The third-order valence-corrected chi connectivity index (χ3v) is 4.67. The molecule has 0 fully saturated rings. The number of carbonyl (C=O) groups excluding carboxylic acids is 1. The zero-order valence-electron chi connectivity index (χ0n) is 13.2. The zero-order valence-corrected chi connectivity index (χ0v) is 14.9. The van der Waals surface area contributed by atoms with Crippen molar-refractivity contribution in [1.82, 2.24) is 10.2 Å². The van der Waals surface area contributed by atoms with Crippen LogP contribution in [0.5, 0.6) is 0 Å². The van der Waals surface area contributed by atoms with Crippen LogP contribution in [0.4, 0.5) is 0 Å². The predicted molar refractivity (Wildman–Crippen MR) is 91.3 cm³/mol. The number of fused-ring (bicyclic) bond motifs is 1. The number of hydrogen-bond acceptors (Lipinski definition) is 5. The van der Waals surface area contributed by atoms with Crippen LogP contribution in [0.2, 0.25) is 0 Å². The van der Waals surface area contributed by atoms with Crippen LogP contribution in [0, 0.1) is 0 Å². The van der Waals surface area contributed by atoms with E-state index in [0.29, 0.717) is 12.1 Å². The van der Waals surface area contributed by atoms with E-state index in [1.165, 1.54) is 11.0 Å². The van der Waals surface area contributed by atoms with Crippen molar-refractivity contribution in [3.63, 3.8) is 0 Å². The van der Waals surface area contributed by atoms with Crippen LogP contribution in [-0.2, 0) is 14.8 Å². The van der Waals surface area contributed by atoms with Crippen LogP contribution < -0.4 is 11.1 Å². The number of hydrogen-bond donors (Lipinski definition) is 2. The maximum absolute atomic E-state index is 12.0. The average Bonchev–Trinajstić information content (AvgIpc) is 2.71. The van der Waals surface area contributed by atoms with Crippen molar-refractivity contribution in [2.24, 2.45) is 10.1 Å². The normalized spacial score (nSPS) is 15.2. The van der Waals surface area contributed by atoms with Gasteiger partial charge in [0, 0.05) is 24.7 Å². The van der Waals surface area contributed by atoms with Crippen molar-refractivity contribution >= 4 is 34.2 Å². The molecule has 0 aromatic heterocycles. The number of nitrogens with two attached hydrogens (primary N) is 1. The second kappa shape index (κ2) is 6.86. The van der Waals surface area contributed by atoms with Crippen LogP contribution in [0.1, 0.15) is 19.4 Å². The van der Waals surface area contributed by atoms with Gasteiger partial charge in [-0.15, -0.1) is 16.8 Å². The average molecular weight is 361 g/mol. The first-order chi connectivity index (χ1) is 10.2. The van der Waals surface area contributed by atoms with E-state index in [1.54, 1.807) is 25.2 Å². The Labute approximate surface area is 142 Å². The zero-order chi connectivity index (χ0) is 16.5. The lowest BCUT2D eigenvalue weighted by atomic mass is 10.1. The number of halogens is 1. The van der Waals surface area contributed by atoms with Crippen LogP contribution in [0.15, 0.2) is 33.6 Å². The summed E-state index contributed by atoms with van der Waals surface area (Å²) in [6.45, 7) is 3.93. The maximum atomic E-state index is 12.0. The van der Waals surface area contributed by atoms with E-state index in [0.717, 1.165) is 0 Å².